The summed E-state index contributed by atoms with van der Waals surface area (Å²) in [5.74, 6) is 0.866. The second-order valence-corrected chi connectivity index (χ2v) is 6.04. The van der Waals surface area contributed by atoms with Crippen LogP contribution in [0.3, 0.4) is 0 Å². The van der Waals surface area contributed by atoms with Gasteiger partial charge in [-0.25, -0.2) is 0 Å². The number of carbonyl (C=O) groups is 1. The SMILES string of the molecule is CC1CCN(C(=O)CCOC2CCOCC2)C(CN)C1.Cl. The summed E-state index contributed by atoms with van der Waals surface area (Å²) in [6, 6.07) is 0.217. The molecular formula is C15H29ClN2O3. The van der Waals surface area contributed by atoms with E-state index >= 15 is 0 Å². The minimum atomic E-state index is 0. The van der Waals surface area contributed by atoms with Crippen molar-refractivity contribution in [2.75, 3.05) is 32.9 Å². The zero-order valence-corrected chi connectivity index (χ0v) is 13.8. The Labute approximate surface area is 133 Å². The zero-order valence-electron chi connectivity index (χ0n) is 13.0. The van der Waals surface area contributed by atoms with Crippen LogP contribution in [0, 0.1) is 5.92 Å². The van der Waals surface area contributed by atoms with Crippen molar-refractivity contribution in [1.82, 2.24) is 4.90 Å². The minimum Gasteiger partial charge on any atom is -0.381 e. The van der Waals surface area contributed by atoms with Crippen molar-refractivity contribution in [2.45, 2.75) is 51.2 Å². The van der Waals surface area contributed by atoms with Gasteiger partial charge in [-0.15, -0.1) is 12.4 Å². The van der Waals surface area contributed by atoms with Gasteiger partial charge in [-0.1, -0.05) is 6.92 Å². The average Bonchev–Trinajstić information content (AvgIpc) is 2.48. The Kier molecular flexibility index (Phi) is 8.56. The lowest BCUT2D eigenvalue weighted by atomic mass is 9.92. The van der Waals surface area contributed by atoms with Crippen LogP contribution in [0.2, 0.25) is 0 Å². The Morgan fingerprint density at radius 1 is 1.33 bits per heavy atom. The summed E-state index contributed by atoms with van der Waals surface area (Å²) < 4.78 is 11.1. The quantitative estimate of drug-likeness (QED) is 0.835. The van der Waals surface area contributed by atoms with Crippen LogP contribution in [0.1, 0.15) is 39.0 Å². The smallest absolute Gasteiger partial charge is 0.225 e. The van der Waals surface area contributed by atoms with Gasteiger partial charge in [0.1, 0.15) is 0 Å². The van der Waals surface area contributed by atoms with Crippen LogP contribution in [0.25, 0.3) is 0 Å². The monoisotopic (exact) mass is 320 g/mol. The third kappa shape index (κ3) is 5.74. The highest BCUT2D eigenvalue weighted by Crippen LogP contribution is 2.22. The van der Waals surface area contributed by atoms with E-state index in [0.717, 1.165) is 45.4 Å². The fourth-order valence-corrected chi connectivity index (χ4v) is 3.10. The molecule has 2 fully saturated rings. The van der Waals surface area contributed by atoms with Gasteiger partial charge in [0.05, 0.1) is 19.1 Å². The number of carbonyl (C=O) groups excluding carboxylic acids is 1. The normalized spacial score (nSPS) is 27.2. The topological polar surface area (TPSA) is 64.8 Å². The highest BCUT2D eigenvalue weighted by Gasteiger charge is 2.28. The first-order chi connectivity index (χ1) is 9.70. The van der Waals surface area contributed by atoms with Gasteiger partial charge in [0, 0.05) is 32.3 Å². The van der Waals surface area contributed by atoms with E-state index in [1.807, 2.05) is 4.90 Å². The molecule has 2 atom stereocenters. The number of rotatable bonds is 5. The van der Waals surface area contributed by atoms with E-state index in [4.69, 9.17) is 15.2 Å². The molecule has 21 heavy (non-hydrogen) atoms. The maximum Gasteiger partial charge on any atom is 0.225 e. The lowest BCUT2D eigenvalue weighted by Crippen LogP contribution is -2.49. The highest BCUT2D eigenvalue weighted by atomic mass is 35.5. The van der Waals surface area contributed by atoms with Crippen LogP contribution in [0.5, 0.6) is 0 Å². The first-order valence-corrected chi connectivity index (χ1v) is 7.89. The predicted octanol–water partition coefficient (Wildman–Crippen LogP) is 1.58. The Morgan fingerprint density at radius 3 is 2.71 bits per heavy atom. The molecular weight excluding hydrogens is 292 g/mol. The molecule has 0 spiro atoms. The van der Waals surface area contributed by atoms with E-state index < -0.39 is 0 Å². The van der Waals surface area contributed by atoms with Crippen LogP contribution in [-0.2, 0) is 14.3 Å². The largest absolute Gasteiger partial charge is 0.381 e. The molecule has 2 aliphatic rings. The summed E-state index contributed by atoms with van der Waals surface area (Å²) in [6.45, 7) is 5.72. The summed E-state index contributed by atoms with van der Waals surface area (Å²) in [7, 11) is 0. The van der Waals surface area contributed by atoms with E-state index in [1.165, 1.54) is 0 Å². The van der Waals surface area contributed by atoms with E-state index in [1.54, 1.807) is 0 Å². The van der Waals surface area contributed by atoms with Crippen LogP contribution in [-0.4, -0.2) is 55.9 Å². The second kappa shape index (κ2) is 9.62. The highest BCUT2D eigenvalue weighted by molar-refractivity contribution is 5.85. The van der Waals surface area contributed by atoms with Crippen molar-refractivity contribution in [3.8, 4) is 0 Å². The van der Waals surface area contributed by atoms with Crippen molar-refractivity contribution >= 4 is 18.3 Å². The number of hydrogen-bond acceptors (Lipinski definition) is 4. The van der Waals surface area contributed by atoms with Crippen LogP contribution < -0.4 is 5.73 Å². The number of ether oxygens (including phenoxy) is 2. The summed E-state index contributed by atoms with van der Waals surface area (Å²) >= 11 is 0. The molecule has 0 aromatic carbocycles. The number of nitrogens with zero attached hydrogens (tertiary/aromatic N) is 1. The van der Waals surface area contributed by atoms with Gasteiger partial charge in [0.25, 0.3) is 0 Å². The maximum atomic E-state index is 12.3. The first kappa shape index (κ1) is 18.7. The van der Waals surface area contributed by atoms with Gasteiger partial charge in [-0.3, -0.25) is 4.79 Å². The number of piperidine rings is 1. The molecule has 5 nitrogen and oxygen atoms in total. The number of halogens is 1. The first-order valence-electron chi connectivity index (χ1n) is 7.89. The molecule has 2 N–H and O–H groups in total. The van der Waals surface area contributed by atoms with Gasteiger partial charge < -0.3 is 20.1 Å². The van der Waals surface area contributed by atoms with Gasteiger partial charge in [-0.05, 0) is 31.6 Å². The molecule has 1 amide bonds. The Hall–Kier alpha value is -0.360. The molecule has 2 rings (SSSR count). The van der Waals surface area contributed by atoms with E-state index in [9.17, 15) is 4.79 Å². The van der Waals surface area contributed by atoms with Crippen molar-refractivity contribution < 1.29 is 14.3 Å². The second-order valence-electron chi connectivity index (χ2n) is 6.04. The van der Waals surface area contributed by atoms with Crippen LogP contribution in [0.15, 0.2) is 0 Å². The number of likely N-dealkylation sites (tertiary alicyclic amines) is 1. The molecule has 0 bridgehead atoms. The van der Waals surface area contributed by atoms with Gasteiger partial charge in [0.15, 0.2) is 0 Å². The molecule has 6 heteroatoms. The van der Waals surface area contributed by atoms with Crippen molar-refractivity contribution in [1.29, 1.82) is 0 Å². The number of amides is 1. The Morgan fingerprint density at radius 2 is 2.05 bits per heavy atom. The van der Waals surface area contributed by atoms with Gasteiger partial charge >= 0.3 is 0 Å². The molecule has 124 valence electrons. The van der Waals surface area contributed by atoms with Crippen molar-refractivity contribution in [3.63, 3.8) is 0 Å². The summed E-state index contributed by atoms with van der Waals surface area (Å²) in [6.07, 6.45) is 4.75. The van der Waals surface area contributed by atoms with E-state index in [-0.39, 0.29) is 30.5 Å². The molecule has 2 aliphatic heterocycles. The molecule has 0 aliphatic carbocycles. The molecule has 0 radical (unpaired) electrons. The maximum absolute atomic E-state index is 12.3. The summed E-state index contributed by atoms with van der Waals surface area (Å²) in [5.41, 5.74) is 5.80. The Bertz CT molecular complexity index is 311. The van der Waals surface area contributed by atoms with Gasteiger partial charge in [0.2, 0.25) is 5.91 Å². The third-order valence-corrected chi connectivity index (χ3v) is 4.41. The van der Waals surface area contributed by atoms with E-state index in [0.29, 0.717) is 25.5 Å². The fourth-order valence-electron chi connectivity index (χ4n) is 3.10. The Balaban J connectivity index is 0.00000220. The molecule has 2 heterocycles. The molecule has 0 saturated carbocycles. The van der Waals surface area contributed by atoms with Gasteiger partial charge in [-0.2, -0.15) is 0 Å². The average molecular weight is 321 g/mol. The third-order valence-electron chi connectivity index (χ3n) is 4.41. The molecule has 2 saturated heterocycles. The fraction of sp³-hybridized carbons (Fsp3) is 0.933. The minimum absolute atomic E-state index is 0. The molecule has 0 aromatic rings. The molecule has 0 aromatic heterocycles. The number of hydrogen-bond donors (Lipinski definition) is 1. The van der Waals surface area contributed by atoms with Crippen LogP contribution in [0.4, 0.5) is 0 Å². The standard InChI is InChI=1S/C15H28N2O3.ClH/c1-12-2-6-17(13(10-12)11-16)15(18)5-9-20-14-3-7-19-8-4-14;/h12-14H,2-11,16H2,1H3;1H. The predicted molar refractivity (Wildman–Crippen MR) is 84.6 cm³/mol. The van der Waals surface area contributed by atoms with E-state index in [2.05, 4.69) is 6.92 Å². The lowest BCUT2D eigenvalue weighted by Gasteiger charge is -2.38. The summed E-state index contributed by atoms with van der Waals surface area (Å²) in [5, 5.41) is 0. The summed E-state index contributed by atoms with van der Waals surface area (Å²) in [4.78, 5) is 14.2. The van der Waals surface area contributed by atoms with Crippen molar-refractivity contribution in [2.24, 2.45) is 11.7 Å². The number of nitrogens with two attached hydrogens (primary N) is 1. The zero-order chi connectivity index (χ0) is 14.4. The molecule has 2 unspecified atom stereocenters. The van der Waals surface area contributed by atoms with Crippen molar-refractivity contribution in [3.05, 3.63) is 0 Å². The van der Waals surface area contributed by atoms with Crippen LogP contribution >= 0.6 is 12.4 Å². The lowest BCUT2D eigenvalue weighted by molar-refractivity contribution is -0.137.